The van der Waals surface area contributed by atoms with Gasteiger partial charge in [0.1, 0.15) is 0 Å². The molecule has 23 heavy (non-hydrogen) atoms. The van der Waals surface area contributed by atoms with Gasteiger partial charge < -0.3 is 0 Å². The summed E-state index contributed by atoms with van der Waals surface area (Å²) in [6, 6.07) is 5.14. The van der Waals surface area contributed by atoms with Crippen LogP contribution in [0.1, 0.15) is 69.4 Å². The summed E-state index contributed by atoms with van der Waals surface area (Å²) in [5.74, 6) is 7.55. The molecule has 0 atom stereocenters. The van der Waals surface area contributed by atoms with Crippen molar-refractivity contribution >= 4 is 0 Å². The lowest BCUT2D eigenvalue weighted by Gasteiger charge is -2.25. The topological polar surface area (TPSA) is 0 Å². The van der Waals surface area contributed by atoms with Crippen molar-refractivity contribution in [3.8, 4) is 11.8 Å². The highest BCUT2D eigenvalue weighted by Crippen LogP contribution is 2.32. The van der Waals surface area contributed by atoms with Crippen LogP contribution in [0.4, 0.5) is 13.2 Å². The Labute approximate surface area is 137 Å². The van der Waals surface area contributed by atoms with Gasteiger partial charge in [0.05, 0.1) is 5.56 Å². The van der Waals surface area contributed by atoms with E-state index in [1.54, 1.807) is 0 Å². The first kappa shape index (κ1) is 17.9. The van der Waals surface area contributed by atoms with E-state index >= 15 is 0 Å². The van der Waals surface area contributed by atoms with Crippen LogP contribution in [0, 0.1) is 23.7 Å². The van der Waals surface area contributed by atoms with Crippen molar-refractivity contribution < 1.29 is 13.2 Å². The first-order valence-electron chi connectivity index (χ1n) is 8.68. The van der Waals surface area contributed by atoms with E-state index in [2.05, 4.69) is 18.8 Å². The fourth-order valence-electron chi connectivity index (χ4n) is 3.21. The summed E-state index contributed by atoms with van der Waals surface area (Å²) in [6.45, 7) is 2.23. The molecule has 1 fully saturated rings. The highest BCUT2D eigenvalue weighted by atomic mass is 19.4. The predicted octanol–water partition coefficient (Wildman–Crippen LogP) is 6.44. The largest absolute Gasteiger partial charge is 0.416 e. The van der Waals surface area contributed by atoms with Crippen molar-refractivity contribution in [2.75, 3.05) is 0 Å². The van der Waals surface area contributed by atoms with Crippen molar-refractivity contribution in [2.45, 2.75) is 64.5 Å². The molecular formula is C20H25F3. The average Bonchev–Trinajstić information content (AvgIpc) is 2.54. The van der Waals surface area contributed by atoms with E-state index < -0.39 is 11.7 Å². The van der Waals surface area contributed by atoms with Crippen molar-refractivity contribution in [3.05, 3.63) is 35.4 Å². The van der Waals surface area contributed by atoms with Crippen LogP contribution in [0.3, 0.4) is 0 Å². The molecule has 0 aromatic heterocycles. The third-order valence-electron chi connectivity index (χ3n) is 4.70. The normalized spacial score (nSPS) is 21.6. The van der Waals surface area contributed by atoms with Crippen LogP contribution in [0.5, 0.6) is 0 Å². The first-order valence-corrected chi connectivity index (χ1v) is 8.68. The molecule has 3 heteroatoms. The monoisotopic (exact) mass is 322 g/mol. The van der Waals surface area contributed by atoms with E-state index in [1.165, 1.54) is 50.7 Å². The summed E-state index contributed by atoms with van der Waals surface area (Å²) in [5.41, 5.74) is 0.0544. The molecule has 1 aromatic rings. The standard InChI is InChI=1S/C20H25F3/c1-2-3-4-5-16-6-8-17(9-7-16)10-11-18-12-14-19(15-13-18)20(21,22)23/h12-17H,2-9H2,1H3. The molecule has 2 rings (SSSR count). The summed E-state index contributed by atoms with van der Waals surface area (Å²) in [4.78, 5) is 0. The molecule has 0 aliphatic heterocycles. The summed E-state index contributed by atoms with van der Waals surface area (Å²) < 4.78 is 37.5. The molecular weight excluding hydrogens is 297 g/mol. The Morgan fingerprint density at radius 2 is 1.65 bits per heavy atom. The molecule has 0 radical (unpaired) electrons. The first-order chi connectivity index (χ1) is 11.0. The minimum atomic E-state index is -4.28. The highest BCUT2D eigenvalue weighted by Gasteiger charge is 2.29. The molecule has 0 heterocycles. The number of hydrogen-bond acceptors (Lipinski definition) is 0. The Bertz CT molecular complexity index is 523. The smallest absolute Gasteiger partial charge is 0.166 e. The highest BCUT2D eigenvalue weighted by molar-refractivity contribution is 5.37. The fraction of sp³-hybridized carbons (Fsp3) is 0.600. The average molecular weight is 322 g/mol. The van der Waals surface area contributed by atoms with Crippen LogP contribution in [-0.4, -0.2) is 0 Å². The van der Waals surface area contributed by atoms with E-state index in [1.807, 2.05) is 0 Å². The van der Waals surface area contributed by atoms with Gasteiger partial charge in [-0.15, -0.1) is 0 Å². The molecule has 0 nitrogen and oxygen atoms in total. The van der Waals surface area contributed by atoms with E-state index in [4.69, 9.17) is 0 Å². The van der Waals surface area contributed by atoms with Crippen LogP contribution in [-0.2, 0) is 6.18 Å². The van der Waals surface area contributed by atoms with E-state index in [-0.39, 0.29) is 0 Å². The predicted molar refractivity (Wildman–Crippen MR) is 87.9 cm³/mol. The molecule has 1 saturated carbocycles. The molecule has 1 aromatic carbocycles. The lowest BCUT2D eigenvalue weighted by molar-refractivity contribution is -0.137. The van der Waals surface area contributed by atoms with Gasteiger partial charge in [0.15, 0.2) is 0 Å². The maximum atomic E-state index is 12.5. The second-order valence-corrected chi connectivity index (χ2v) is 6.56. The van der Waals surface area contributed by atoms with Gasteiger partial charge in [0.2, 0.25) is 0 Å². The zero-order valence-corrected chi connectivity index (χ0v) is 13.8. The lowest BCUT2D eigenvalue weighted by atomic mass is 9.80. The number of benzene rings is 1. The Balaban J connectivity index is 1.82. The second-order valence-electron chi connectivity index (χ2n) is 6.56. The lowest BCUT2D eigenvalue weighted by Crippen LogP contribution is -2.13. The van der Waals surface area contributed by atoms with Crippen molar-refractivity contribution in [3.63, 3.8) is 0 Å². The number of alkyl halides is 3. The van der Waals surface area contributed by atoms with Gasteiger partial charge in [-0.05, 0) is 55.9 Å². The van der Waals surface area contributed by atoms with Crippen LogP contribution < -0.4 is 0 Å². The SMILES string of the molecule is CCCCCC1CCC(C#Cc2ccc(C(F)(F)F)cc2)CC1. The molecule has 1 aliphatic carbocycles. The maximum Gasteiger partial charge on any atom is 0.416 e. The van der Waals surface area contributed by atoms with Gasteiger partial charge >= 0.3 is 6.18 Å². The summed E-state index contributed by atoms with van der Waals surface area (Å²) in [7, 11) is 0. The third kappa shape index (κ3) is 5.94. The minimum absolute atomic E-state index is 0.403. The summed E-state index contributed by atoms with van der Waals surface area (Å²) in [5, 5.41) is 0. The van der Waals surface area contributed by atoms with Crippen molar-refractivity contribution in [1.82, 2.24) is 0 Å². The molecule has 0 amide bonds. The maximum absolute atomic E-state index is 12.5. The minimum Gasteiger partial charge on any atom is -0.166 e. The van der Waals surface area contributed by atoms with E-state index in [0.717, 1.165) is 30.9 Å². The van der Waals surface area contributed by atoms with Crippen LogP contribution >= 0.6 is 0 Å². The summed E-state index contributed by atoms with van der Waals surface area (Å²) in [6.07, 6.45) is 5.75. The van der Waals surface area contributed by atoms with Crippen molar-refractivity contribution in [2.24, 2.45) is 11.8 Å². The quantitative estimate of drug-likeness (QED) is 0.442. The Hall–Kier alpha value is -1.43. The molecule has 1 aliphatic rings. The van der Waals surface area contributed by atoms with Crippen LogP contribution in [0.2, 0.25) is 0 Å². The van der Waals surface area contributed by atoms with Gasteiger partial charge in [-0.25, -0.2) is 0 Å². The van der Waals surface area contributed by atoms with Gasteiger partial charge in [0.25, 0.3) is 0 Å². The zero-order chi connectivity index (χ0) is 16.7. The zero-order valence-electron chi connectivity index (χ0n) is 13.8. The fourth-order valence-corrected chi connectivity index (χ4v) is 3.21. The van der Waals surface area contributed by atoms with Crippen molar-refractivity contribution in [1.29, 1.82) is 0 Å². The third-order valence-corrected chi connectivity index (χ3v) is 4.70. The van der Waals surface area contributed by atoms with Gasteiger partial charge in [0, 0.05) is 11.5 Å². The summed E-state index contributed by atoms with van der Waals surface area (Å²) >= 11 is 0. The Morgan fingerprint density at radius 1 is 1.00 bits per heavy atom. The second kappa shape index (κ2) is 8.43. The Kier molecular flexibility index (Phi) is 6.57. The van der Waals surface area contributed by atoms with Crippen LogP contribution in [0.15, 0.2) is 24.3 Å². The molecule has 0 unspecified atom stereocenters. The number of hydrogen-bond donors (Lipinski definition) is 0. The molecule has 0 N–H and O–H groups in total. The van der Waals surface area contributed by atoms with E-state index in [9.17, 15) is 13.2 Å². The van der Waals surface area contributed by atoms with Gasteiger partial charge in [-0.3, -0.25) is 0 Å². The molecule has 0 bridgehead atoms. The van der Waals surface area contributed by atoms with E-state index in [0.29, 0.717) is 11.5 Å². The van der Waals surface area contributed by atoms with Crippen LogP contribution in [0.25, 0.3) is 0 Å². The number of halogens is 3. The molecule has 126 valence electrons. The number of rotatable bonds is 4. The van der Waals surface area contributed by atoms with Gasteiger partial charge in [-0.1, -0.05) is 44.4 Å². The molecule has 0 spiro atoms. The molecule has 0 saturated heterocycles. The van der Waals surface area contributed by atoms with Gasteiger partial charge in [-0.2, -0.15) is 13.2 Å². The Morgan fingerprint density at radius 3 is 2.22 bits per heavy atom. The number of unbranched alkanes of at least 4 members (excludes halogenated alkanes) is 2.